The fourth-order valence-corrected chi connectivity index (χ4v) is 1.63. The zero-order chi connectivity index (χ0) is 14.5. The summed E-state index contributed by atoms with van der Waals surface area (Å²) in [5, 5.41) is 13.8. The van der Waals surface area contributed by atoms with Crippen LogP contribution in [0.1, 0.15) is 5.82 Å². The van der Waals surface area contributed by atoms with Crippen LogP contribution in [0.4, 0.5) is 11.9 Å². The maximum Gasteiger partial charge on any atom is 0.257 e. The van der Waals surface area contributed by atoms with Crippen molar-refractivity contribution in [3.63, 3.8) is 0 Å². The molecule has 10 heteroatoms. The van der Waals surface area contributed by atoms with Crippen LogP contribution in [0.25, 0.3) is 5.95 Å². The largest absolute Gasteiger partial charge is 0.357 e. The lowest BCUT2D eigenvalue weighted by Crippen LogP contribution is -2.13. The predicted molar refractivity (Wildman–Crippen MR) is 73.0 cm³/mol. The van der Waals surface area contributed by atoms with Crippen molar-refractivity contribution in [2.75, 3.05) is 24.2 Å². The molecule has 0 bridgehead atoms. The average Bonchev–Trinajstić information content (AvgIpc) is 3.20. The predicted octanol–water partition coefficient (Wildman–Crippen LogP) is 0.137. The molecule has 3 heterocycles. The topological polar surface area (TPSA) is 119 Å². The highest BCUT2D eigenvalue weighted by Gasteiger charge is 2.07. The Kier molecular flexibility index (Phi) is 3.67. The van der Waals surface area contributed by atoms with Gasteiger partial charge in [0.15, 0.2) is 5.82 Å². The molecule has 108 valence electrons. The van der Waals surface area contributed by atoms with Crippen molar-refractivity contribution in [3.05, 3.63) is 30.7 Å². The van der Waals surface area contributed by atoms with Gasteiger partial charge in [-0.2, -0.15) is 25.0 Å². The van der Waals surface area contributed by atoms with E-state index in [2.05, 4.69) is 45.3 Å². The summed E-state index contributed by atoms with van der Waals surface area (Å²) >= 11 is 0. The molecule has 0 aliphatic rings. The fourth-order valence-electron chi connectivity index (χ4n) is 1.63. The van der Waals surface area contributed by atoms with Crippen LogP contribution in [0.15, 0.2) is 29.4 Å². The third kappa shape index (κ3) is 3.11. The average molecular weight is 287 g/mol. The quantitative estimate of drug-likeness (QED) is 0.652. The van der Waals surface area contributed by atoms with E-state index in [0.717, 1.165) is 0 Å². The second kappa shape index (κ2) is 5.94. The molecular formula is C11H13N9O. The van der Waals surface area contributed by atoms with E-state index in [1.54, 1.807) is 30.2 Å². The molecule has 0 saturated heterocycles. The van der Waals surface area contributed by atoms with Gasteiger partial charge in [-0.3, -0.25) is 0 Å². The lowest BCUT2D eigenvalue weighted by Gasteiger charge is -2.07. The van der Waals surface area contributed by atoms with Crippen molar-refractivity contribution in [1.82, 2.24) is 34.9 Å². The standard InChI is InChI=1S/C11H13N9O/c1-12-9-16-10(13-5-3-8-14-7-21-19-8)18-11(17-9)20-6-2-4-15-20/h2,4,6-7H,3,5H2,1H3,(H2,12,13,16,17,18). The Bertz CT molecular complexity index is 680. The number of hydrogen-bond donors (Lipinski definition) is 2. The zero-order valence-corrected chi connectivity index (χ0v) is 11.3. The van der Waals surface area contributed by atoms with Crippen molar-refractivity contribution in [3.8, 4) is 5.95 Å². The Morgan fingerprint density at radius 2 is 2.14 bits per heavy atom. The van der Waals surface area contributed by atoms with Crippen molar-refractivity contribution in [2.45, 2.75) is 6.42 Å². The summed E-state index contributed by atoms with van der Waals surface area (Å²) in [6.45, 7) is 0.575. The minimum atomic E-state index is 0.432. The van der Waals surface area contributed by atoms with Gasteiger partial charge in [0, 0.05) is 32.4 Å². The van der Waals surface area contributed by atoms with E-state index < -0.39 is 0 Å². The number of aromatic nitrogens is 7. The van der Waals surface area contributed by atoms with E-state index in [1.807, 2.05) is 0 Å². The molecule has 0 aliphatic heterocycles. The number of nitrogens with zero attached hydrogens (tertiary/aromatic N) is 7. The molecule has 0 fully saturated rings. The number of rotatable bonds is 6. The molecule has 0 amide bonds. The van der Waals surface area contributed by atoms with Gasteiger partial charge in [0.25, 0.3) is 5.95 Å². The maximum atomic E-state index is 4.67. The lowest BCUT2D eigenvalue weighted by molar-refractivity contribution is 0.410. The van der Waals surface area contributed by atoms with E-state index in [4.69, 9.17) is 0 Å². The first-order valence-corrected chi connectivity index (χ1v) is 6.28. The Morgan fingerprint density at radius 3 is 2.86 bits per heavy atom. The van der Waals surface area contributed by atoms with Crippen LogP contribution in [0.3, 0.4) is 0 Å². The maximum absolute atomic E-state index is 4.67. The van der Waals surface area contributed by atoms with Crippen LogP contribution in [-0.4, -0.2) is 48.5 Å². The van der Waals surface area contributed by atoms with Crippen LogP contribution in [0, 0.1) is 0 Å². The Morgan fingerprint density at radius 1 is 1.24 bits per heavy atom. The molecule has 10 nitrogen and oxygen atoms in total. The van der Waals surface area contributed by atoms with Crippen LogP contribution in [-0.2, 0) is 6.42 Å². The van der Waals surface area contributed by atoms with Gasteiger partial charge in [-0.05, 0) is 6.07 Å². The second-order valence-electron chi connectivity index (χ2n) is 4.01. The molecule has 21 heavy (non-hydrogen) atoms. The number of nitrogens with one attached hydrogen (secondary N) is 2. The van der Waals surface area contributed by atoms with Gasteiger partial charge < -0.3 is 15.2 Å². The molecule has 0 atom stereocenters. The third-order valence-corrected chi connectivity index (χ3v) is 2.60. The monoisotopic (exact) mass is 287 g/mol. The number of hydrogen-bond acceptors (Lipinski definition) is 9. The van der Waals surface area contributed by atoms with Crippen LogP contribution >= 0.6 is 0 Å². The Hall–Kier alpha value is -3.04. The van der Waals surface area contributed by atoms with E-state index >= 15 is 0 Å². The van der Waals surface area contributed by atoms with Gasteiger partial charge in [-0.25, -0.2) is 4.68 Å². The molecule has 0 saturated carbocycles. The normalized spacial score (nSPS) is 10.5. The first-order valence-electron chi connectivity index (χ1n) is 6.28. The first-order chi connectivity index (χ1) is 10.3. The highest BCUT2D eigenvalue weighted by Crippen LogP contribution is 2.08. The summed E-state index contributed by atoms with van der Waals surface area (Å²) < 4.78 is 6.23. The van der Waals surface area contributed by atoms with Crippen molar-refractivity contribution >= 4 is 11.9 Å². The van der Waals surface area contributed by atoms with Gasteiger partial charge in [0.1, 0.15) is 0 Å². The van der Waals surface area contributed by atoms with E-state index in [1.165, 1.54) is 6.39 Å². The molecular weight excluding hydrogens is 274 g/mol. The van der Waals surface area contributed by atoms with E-state index in [9.17, 15) is 0 Å². The van der Waals surface area contributed by atoms with Crippen LogP contribution in [0.2, 0.25) is 0 Å². The first kappa shape index (κ1) is 13.0. The minimum Gasteiger partial charge on any atom is -0.357 e. The molecule has 0 unspecified atom stereocenters. The molecule has 0 spiro atoms. The van der Waals surface area contributed by atoms with Gasteiger partial charge in [-0.15, -0.1) is 0 Å². The highest BCUT2D eigenvalue weighted by molar-refractivity contribution is 5.37. The van der Waals surface area contributed by atoms with Crippen molar-refractivity contribution < 1.29 is 4.52 Å². The van der Waals surface area contributed by atoms with Gasteiger partial charge in [-0.1, -0.05) is 5.16 Å². The molecule has 2 N–H and O–H groups in total. The van der Waals surface area contributed by atoms with Gasteiger partial charge in [0.2, 0.25) is 18.3 Å². The van der Waals surface area contributed by atoms with E-state index in [-0.39, 0.29) is 0 Å². The summed E-state index contributed by atoms with van der Waals surface area (Å²) in [6.07, 6.45) is 5.32. The molecule has 3 aromatic heterocycles. The van der Waals surface area contributed by atoms with Gasteiger partial charge >= 0.3 is 0 Å². The summed E-state index contributed by atoms with van der Waals surface area (Å²) in [4.78, 5) is 16.7. The second-order valence-corrected chi connectivity index (χ2v) is 4.01. The smallest absolute Gasteiger partial charge is 0.257 e. The minimum absolute atomic E-state index is 0.432. The molecule has 0 aromatic carbocycles. The molecule has 3 rings (SSSR count). The summed E-state index contributed by atoms with van der Waals surface area (Å²) in [6, 6.07) is 1.80. The zero-order valence-electron chi connectivity index (χ0n) is 11.3. The van der Waals surface area contributed by atoms with Crippen molar-refractivity contribution in [2.24, 2.45) is 0 Å². The lowest BCUT2D eigenvalue weighted by atomic mass is 10.4. The Balaban J connectivity index is 1.73. The summed E-state index contributed by atoms with van der Waals surface area (Å²) in [5.41, 5.74) is 0. The summed E-state index contributed by atoms with van der Waals surface area (Å²) in [5.74, 6) is 1.96. The van der Waals surface area contributed by atoms with Gasteiger partial charge in [0.05, 0.1) is 0 Å². The fraction of sp³-hybridized carbons (Fsp3) is 0.273. The van der Waals surface area contributed by atoms with Crippen molar-refractivity contribution in [1.29, 1.82) is 0 Å². The Labute approximate surface area is 119 Å². The highest BCUT2D eigenvalue weighted by atomic mass is 16.5. The SMILES string of the molecule is CNc1nc(NCCc2ncon2)nc(-n2cccn2)n1. The number of anilines is 2. The molecule has 0 aliphatic carbocycles. The van der Waals surface area contributed by atoms with Crippen LogP contribution < -0.4 is 10.6 Å². The third-order valence-electron chi connectivity index (χ3n) is 2.60. The molecule has 3 aromatic rings. The molecule has 0 radical (unpaired) electrons. The summed E-state index contributed by atoms with van der Waals surface area (Å²) in [7, 11) is 1.74. The van der Waals surface area contributed by atoms with Crippen LogP contribution in [0.5, 0.6) is 0 Å². The van der Waals surface area contributed by atoms with E-state index in [0.29, 0.717) is 36.6 Å².